The van der Waals surface area contributed by atoms with Gasteiger partial charge in [0.25, 0.3) is 0 Å². The van der Waals surface area contributed by atoms with Gasteiger partial charge in [0.1, 0.15) is 6.10 Å². The number of rotatable bonds is 10. The van der Waals surface area contributed by atoms with Gasteiger partial charge in [-0.15, -0.1) is 0 Å². The monoisotopic (exact) mass is 360 g/mol. The van der Waals surface area contributed by atoms with Crippen LogP contribution in [0.4, 0.5) is 0 Å². The summed E-state index contributed by atoms with van der Waals surface area (Å²) in [6.45, 7) is -1.70. The van der Waals surface area contributed by atoms with Gasteiger partial charge in [-0.25, -0.2) is 13.7 Å². The van der Waals surface area contributed by atoms with Gasteiger partial charge in [0.15, 0.2) is 0 Å². The summed E-state index contributed by atoms with van der Waals surface area (Å²) in [5, 5.41) is 0. The third-order valence-electron chi connectivity index (χ3n) is 1.59. The molecule has 15 heteroatoms. The zero-order chi connectivity index (χ0) is 16.0. The molecular formula is C5H15O12P3. The number of phosphoric ester groups is 3. The Morgan fingerprint density at radius 2 is 1.20 bits per heavy atom. The van der Waals surface area contributed by atoms with Crippen LogP contribution in [-0.2, 0) is 36.3 Å². The van der Waals surface area contributed by atoms with E-state index in [4.69, 9.17) is 19.6 Å². The quantitative estimate of drug-likeness (QED) is 0.383. The van der Waals surface area contributed by atoms with E-state index in [9.17, 15) is 13.7 Å². The number of hydrogen-bond acceptors (Lipinski definition) is 8. The average molecular weight is 360 g/mol. The fourth-order valence-corrected chi connectivity index (χ4v) is 2.19. The molecule has 0 aliphatic carbocycles. The van der Waals surface area contributed by atoms with Crippen LogP contribution in [0, 0.1) is 0 Å². The molecule has 0 fully saturated rings. The Kier molecular flexibility index (Phi) is 8.23. The van der Waals surface area contributed by atoms with Gasteiger partial charge in [-0.05, 0) is 0 Å². The first-order chi connectivity index (χ1) is 8.91. The van der Waals surface area contributed by atoms with E-state index in [1.807, 2.05) is 0 Å². The van der Waals surface area contributed by atoms with Gasteiger partial charge in [-0.3, -0.25) is 22.6 Å². The lowest BCUT2D eigenvalue weighted by molar-refractivity contribution is 0.0305. The van der Waals surface area contributed by atoms with Gasteiger partial charge < -0.3 is 19.6 Å². The Bertz CT molecular complexity index is 401. The Morgan fingerprint density at radius 3 is 1.45 bits per heavy atom. The fourth-order valence-electron chi connectivity index (χ4n) is 0.763. The minimum atomic E-state index is -4.99. The standard InChI is InChI=1S/C5H15O12P3/c1-13-19(9,10)15-3-5(17-18(6,7)8)4-16-20(11,12)14-2/h5H,3-4H2,1-2H3,(H,9,10)(H,11,12)(H2,6,7,8). The summed E-state index contributed by atoms with van der Waals surface area (Å²) in [7, 11) is -12.1. The van der Waals surface area contributed by atoms with E-state index in [2.05, 4.69) is 22.6 Å². The SMILES string of the molecule is COP(=O)(O)OCC(COP(=O)(O)OC)OP(=O)(O)O. The Hall–Kier alpha value is 0.330. The summed E-state index contributed by atoms with van der Waals surface area (Å²) in [5.41, 5.74) is 0. The average Bonchev–Trinajstić information content (AvgIpc) is 2.31. The molecule has 0 rings (SSSR count). The maximum absolute atomic E-state index is 11.0. The summed E-state index contributed by atoms with van der Waals surface area (Å²) >= 11 is 0. The van der Waals surface area contributed by atoms with Crippen molar-refractivity contribution in [2.45, 2.75) is 6.10 Å². The van der Waals surface area contributed by atoms with Crippen molar-refractivity contribution in [1.29, 1.82) is 0 Å². The zero-order valence-corrected chi connectivity index (χ0v) is 13.1. The molecule has 0 heterocycles. The van der Waals surface area contributed by atoms with Crippen LogP contribution in [0.25, 0.3) is 0 Å². The second-order valence-electron chi connectivity index (χ2n) is 3.11. The minimum Gasteiger partial charge on any atom is -0.303 e. The van der Waals surface area contributed by atoms with Crippen LogP contribution in [0.5, 0.6) is 0 Å². The summed E-state index contributed by atoms with van der Waals surface area (Å²) in [5.74, 6) is 0. The van der Waals surface area contributed by atoms with Crippen LogP contribution in [-0.4, -0.2) is 53.1 Å². The van der Waals surface area contributed by atoms with Gasteiger partial charge in [0, 0.05) is 14.2 Å². The molecule has 0 spiro atoms. The third kappa shape index (κ3) is 10.1. The molecule has 0 saturated heterocycles. The van der Waals surface area contributed by atoms with E-state index >= 15 is 0 Å². The molecule has 2 unspecified atom stereocenters. The van der Waals surface area contributed by atoms with E-state index in [-0.39, 0.29) is 0 Å². The van der Waals surface area contributed by atoms with Crippen LogP contribution in [0.15, 0.2) is 0 Å². The van der Waals surface area contributed by atoms with Gasteiger partial charge >= 0.3 is 23.5 Å². The Balaban J connectivity index is 4.62. The fraction of sp³-hybridized carbons (Fsp3) is 1.00. The molecule has 20 heavy (non-hydrogen) atoms. The molecule has 0 bridgehead atoms. The van der Waals surface area contributed by atoms with E-state index < -0.39 is 42.8 Å². The zero-order valence-electron chi connectivity index (χ0n) is 10.4. The lowest BCUT2D eigenvalue weighted by Gasteiger charge is -2.20. The lowest BCUT2D eigenvalue weighted by atomic mass is 10.4. The highest BCUT2D eigenvalue weighted by molar-refractivity contribution is 7.47. The maximum atomic E-state index is 11.0. The first-order valence-electron chi connectivity index (χ1n) is 4.71. The van der Waals surface area contributed by atoms with Crippen LogP contribution in [0.1, 0.15) is 0 Å². The van der Waals surface area contributed by atoms with Crippen molar-refractivity contribution in [2.24, 2.45) is 0 Å². The molecule has 2 atom stereocenters. The second-order valence-corrected chi connectivity index (χ2v) is 7.42. The molecule has 12 nitrogen and oxygen atoms in total. The van der Waals surface area contributed by atoms with Crippen LogP contribution >= 0.6 is 23.5 Å². The maximum Gasteiger partial charge on any atom is 0.472 e. The molecule has 4 N–H and O–H groups in total. The van der Waals surface area contributed by atoms with Crippen molar-refractivity contribution >= 4 is 23.5 Å². The number of phosphoric acid groups is 3. The van der Waals surface area contributed by atoms with Crippen LogP contribution in [0.2, 0.25) is 0 Å². The highest BCUT2D eigenvalue weighted by atomic mass is 31.2. The van der Waals surface area contributed by atoms with Crippen LogP contribution in [0.3, 0.4) is 0 Å². The van der Waals surface area contributed by atoms with Crippen molar-refractivity contribution in [3.63, 3.8) is 0 Å². The molecular weight excluding hydrogens is 345 g/mol. The molecule has 0 aromatic rings. The highest BCUT2D eigenvalue weighted by Crippen LogP contribution is 2.46. The largest absolute Gasteiger partial charge is 0.472 e. The third-order valence-corrected chi connectivity index (χ3v) is 4.04. The molecule has 0 saturated carbocycles. The van der Waals surface area contributed by atoms with Crippen molar-refractivity contribution in [3.8, 4) is 0 Å². The van der Waals surface area contributed by atoms with Crippen molar-refractivity contribution in [3.05, 3.63) is 0 Å². The molecule has 0 radical (unpaired) electrons. The predicted molar refractivity (Wildman–Crippen MR) is 62.5 cm³/mol. The summed E-state index contributed by atoms with van der Waals surface area (Å²) < 4.78 is 53.6. The van der Waals surface area contributed by atoms with Gasteiger partial charge in [0.05, 0.1) is 13.2 Å². The summed E-state index contributed by atoms with van der Waals surface area (Å²) in [6, 6.07) is 0. The van der Waals surface area contributed by atoms with Crippen molar-refractivity contribution < 1.29 is 55.9 Å². The van der Waals surface area contributed by atoms with Crippen LogP contribution < -0.4 is 0 Å². The first-order valence-corrected chi connectivity index (χ1v) is 9.23. The molecule has 0 aromatic carbocycles. The smallest absolute Gasteiger partial charge is 0.303 e. The van der Waals surface area contributed by atoms with E-state index in [0.29, 0.717) is 0 Å². The predicted octanol–water partition coefficient (Wildman–Crippen LogP) is -0.00890. The van der Waals surface area contributed by atoms with Gasteiger partial charge in [-0.1, -0.05) is 0 Å². The van der Waals surface area contributed by atoms with Gasteiger partial charge in [-0.2, -0.15) is 0 Å². The molecule has 0 aromatic heterocycles. The van der Waals surface area contributed by atoms with E-state index in [1.165, 1.54) is 0 Å². The molecule has 0 amide bonds. The Labute approximate surface area is 114 Å². The van der Waals surface area contributed by atoms with Crippen molar-refractivity contribution in [1.82, 2.24) is 0 Å². The lowest BCUT2D eigenvalue weighted by Crippen LogP contribution is -2.24. The normalized spacial score (nSPS) is 20.1. The Morgan fingerprint density at radius 1 is 0.850 bits per heavy atom. The van der Waals surface area contributed by atoms with Crippen molar-refractivity contribution in [2.75, 3.05) is 27.4 Å². The number of hydrogen-bond donors (Lipinski definition) is 4. The molecule has 122 valence electrons. The van der Waals surface area contributed by atoms with E-state index in [1.54, 1.807) is 0 Å². The molecule has 0 aliphatic heterocycles. The minimum absolute atomic E-state index is 0.851. The van der Waals surface area contributed by atoms with E-state index in [0.717, 1.165) is 14.2 Å². The first kappa shape index (κ1) is 20.3. The summed E-state index contributed by atoms with van der Waals surface area (Å²) in [6.07, 6.45) is -1.62. The highest BCUT2D eigenvalue weighted by Gasteiger charge is 2.30. The molecule has 0 aliphatic rings. The topological polar surface area (TPSA) is 178 Å². The summed E-state index contributed by atoms with van der Waals surface area (Å²) in [4.78, 5) is 35.1. The van der Waals surface area contributed by atoms with Gasteiger partial charge in [0.2, 0.25) is 0 Å². The second kappa shape index (κ2) is 8.09.